The third-order valence-corrected chi connectivity index (χ3v) is 3.49. The summed E-state index contributed by atoms with van der Waals surface area (Å²) < 4.78 is 11.3. The minimum Gasteiger partial charge on any atom is -0.496 e. The van der Waals surface area contributed by atoms with Crippen LogP contribution in [0.2, 0.25) is 6.04 Å². The highest BCUT2D eigenvalue weighted by Crippen LogP contribution is 2.21. The van der Waals surface area contributed by atoms with Gasteiger partial charge in [-0.1, -0.05) is 6.04 Å². The van der Waals surface area contributed by atoms with Crippen LogP contribution in [0.3, 0.4) is 0 Å². The minimum absolute atomic E-state index is 0.300. The van der Waals surface area contributed by atoms with Crippen molar-refractivity contribution in [3.63, 3.8) is 0 Å². The van der Waals surface area contributed by atoms with Crippen LogP contribution in [0.1, 0.15) is 16.8 Å². The van der Waals surface area contributed by atoms with E-state index in [0.717, 1.165) is 26.3 Å². The molecule has 0 saturated carbocycles. The number of carbonyl (C=O) groups is 1. The van der Waals surface area contributed by atoms with Gasteiger partial charge < -0.3 is 9.47 Å². The summed E-state index contributed by atoms with van der Waals surface area (Å²) in [4.78, 5) is 11.8. The van der Waals surface area contributed by atoms with E-state index >= 15 is 0 Å². The van der Waals surface area contributed by atoms with Crippen molar-refractivity contribution in [2.45, 2.75) is 12.5 Å². The maximum atomic E-state index is 11.8. The predicted octanol–water partition coefficient (Wildman–Crippen LogP) is 1.63. The molecule has 1 rings (SSSR count). The number of benzene rings is 1. The van der Waals surface area contributed by atoms with E-state index in [1.165, 1.54) is 0 Å². The van der Waals surface area contributed by atoms with Gasteiger partial charge in [0.2, 0.25) is 0 Å². The summed E-state index contributed by atoms with van der Waals surface area (Å²) in [6, 6.07) is 6.61. The van der Waals surface area contributed by atoms with E-state index in [-0.39, 0.29) is 5.97 Å². The zero-order valence-corrected chi connectivity index (χ0v) is 13.6. The molecule has 0 aliphatic heterocycles. The van der Waals surface area contributed by atoms with E-state index in [4.69, 9.17) is 9.47 Å². The normalized spacial score (nSPS) is 10.1. The maximum absolute atomic E-state index is 11.8. The van der Waals surface area contributed by atoms with Crippen LogP contribution in [-0.2, 0) is 4.74 Å². The standard InChI is InChI=1S/C11H15IO3Si/c1-14-10-4-3-8(12)7-9(10)11(13)15-5-2-6-16/h3-4,7H,2,5-6H2,1,16H3. The lowest BCUT2D eigenvalue weighted by Crippen LogP contribution is -2.08. The molecular weight excluding hydrogens is 335 g/mol. The second kappa shape index (κ2) is 6.90. The molecule has 0 bridgehead atoms. The number of hydrogen-bond acceptors (Lipinski definition) is 3. The Kier molecular flexibility index (Phi) is 5.82. The Morgan fingerprint density at radius 1 is 1.50 bits per heavy atom. The summed E-state index contributed by atoms with van der Waals surface area (Å²) in [5.41, 5.74) is 0.503. The lowest BCUT2D eigenvalue weighted by Gasteiger charge is -2.08. The highest BCUT2D eigenvalue weighted by molar-refractivity contribution is 14.1. The second-order valence-electron chi connectivity index (χ2n) is 3.33. The predicted molar refractivity (Wildman–Crippen MR) is 75.4 cm³/mol. The third-order valence-electron chi connectivity index (χ3n) is 2.11. The van der Waals surface area contributed by atoms with Gasteiger partial charge in [0, 0.05) is 13.8 Å². The molecule has 0 fully saturated rings. The Balaban J connectivity index is 2.76. The number of ether oxygens (including phenoxy) is 2. The Hall–Kier alpha value is -0.563. The summed E-state index contributed by atoms with van der Waals surface area (Å²) >= 11 is 2.16. The number of esters is 1. The molecule has 3 nitrogen and oxygen atoms in total. The molecule has 0 N–H and O–H groups in total. The molecule has 0 heterocycles. The molecule has 0 unspecified atom stereocenters. The molecule has 0 atom stereocenters. The van der Waals surface area contributed by atoms with E-state index in [1.807, 2.05) is 6.07 Å². The SMILES string of the molecule is COc1ccc(I)cc1C(=O)OCCC[SiH3]. The molecule has 16 heavy (non-hydrogen) atoms. The molecule has 0 spiro atoms. The van der Waals surface area contributed by atoms with Crippen LogP contribution in [0.5, 0.6) is 5.75 Å². The van der Waals surface area contributed by atoms with Crippen LogP contribution in [0.4, 0.5) is 0 Å². The number of rotatable bonds is 5. The summed E-state index contributed by atoms with van der Waals surface area (Å²) in [5.74, 6) is 0.266. The first-order chi connectivity index (χ1) is 7.69. The van der Waals surface area contributed by atoms with Gasteiger partial charge in [-0.05, 0) is 47.2 Å². The molecule has 0 aliphatic rings. The van der Waals surface area contributed by atoms with Gasteiger partial charge >= 0.3 is 5.97 Å². The molecule has 1 aromatic rings. The average Bonchev–Trinajstić information content (AvgIpc) is 2.29. The van der Waals surface area contributed by atoms with Crippen molar-refractivity contribution in [3.05, 3.63) is 27.3 Å². The number of carbonyl (C=O) groups excluding carboxylic acids is 1. The molecular formula is C11H15IO3Si. The lowest BCUT2D eigenvalue weighted by atomic mass is 10.2. The molecule has 0 amide bonds. The molecule has 0 aliphatic carbocycles. The van der Waals surface area contributed by atoms with Crippen LogP contribution in [0.15, 0.2) is 18.2 Å². The zero-order valence-electron chi connectivity index (χ0n) is 9.46. The van der Waals surface area contributed by atoms with Gasteiger partial charge in [-0.2, -0.15) is 0 Å². The summed E-state index contributed by atoms with van der Waals surface area (Å²) in [6.45, 7) is 0.497. The number of hydrogen-bond donors (Lipinski definition) is 0. The number of methoxy groups -OCH3 is 1. The minimum atomic E-state index is -0.300. The smallest absolute Gasteiger partial charge is 0.341 e. The molecule has 0 aromatic heterocycles. The van der Waals surface area contributed by atoms with Crippen LogP contribution < -0.4 is 4.74 Å². The van der Waals surface area contributed by atoms with Crippen molar-refractivity contribution >= 4 is 38.8 Å². The van der Waals surface area contributed by atoms with E-state index in [2.05, 4.69) is 22.6 Å². The Labute approximate surface area is 112 Å². The molecule has 0 saturated heterocycles. The average molecular weight is 350 g/mol. The first-order valence-corrected chi connectivity index (χ1v) is 7.69. The van der Waals surface area contributed by atoms with Gasteiger partial charge in [0.25, 0.3) is 0 Å². The van der Waals surface area contributed by atoms with Crippen molar-refractivity contribution in [3.8, 4) is 5.75 Å². The van der Waals surface area contributed by atoms with Crippen LogP contribution in [0, 0.1) is 3.57 Å². The molecule has 88 valence electrons. The van der Waals surface area contributed by atoms with Gasteiger partial charge in [0.05, 0.1) is 13.7 Å². The third kappa shape index (κ3) is 3.78. The summed E-state index contributed by atoms with van der Waals surface area (Å²) in [6.07, 6.45) is 0.949. The largest absolute Gasteiger partial charge is 0.496 e. The maximum Gasteiger partial charge on any atom is 0.341 e. The van der Waals surface area contributed by atoms with Crippen molar-refractivity contribution in [2.75, 3.05) is 13.7 Å². The quantitative estimate of drug-likeness (QED) is 0.351. The van der Waals surface area contributed by atoms with Crippen LogP contribution in [-0.4, -0.2) is 29.9 Å². The molecule has 1 aromatic carbocycles. The van der Waals surface area contributed by atoms with Gasteiger partial charge in [-0.3, -0.25) is 0 Å². The van der Waals surface area contributed by atoms with Crippen molar-refractivity contribution in [2.24, 2.45) is 0 Å². The van der Waals surface area contributed by atoms with Gasteiger partial charge in [0.1, 0.15) is 11.3 Å². The van der Waals surface area contributed by atoms with Gasteiger partial charge in [0.15, 0.2) is 0 Å². The summed E-state index contributed by atoms with van der Waals surface area (Å²) in [7, 11) is 2.70. The van der Waals surface area contributed by atoms with Gasteiger partial charge in [-0.15, -0.1) is 0 Å². The van der Waals surface area contributed by atoms with Crippen molar-refractivity contribution < 1.29 is 14.3 Å². The first kappa shape index (κ1) is 13.5. The number of halogens is 1. The van der Waals surface area contributed by atoms with E-state index in [1.54, 1.807) is 19.2 Å². The highest BCUT2D eigenvalue weighted by atomic mass is 127. The summed E-state index contributed by atoms with van der Waals surface area (Å²) in [5, 5.41) is 0. The van der Waals surface area contributed by atoms with E-state index < -0.39 is 0 Å². The van der Waals surface area contributed by atoms with Crippen LogP contribution in [0.25, 0.3) is 0 Å². The first-order valence-electron chi connectivity index (χ1n) is 5.19. The van der Waals surface area contributed by atoms with Crippen LogP contribution >= 0.6 is 22.6 Å². The Morgan fingerprint density at radius 3 is 2.88 bits per heavy atom. The Morgan fingerprint density at radius 2 is 2.25 bits per heavy atom. The molecule has 0 radical (unpaired) electrons. The zero-order chi connectivity index (χ0) is 12.0. The fraction of sp³-hybridized carbons (Fsp3) is 0.364. The topological polar surface area (TPSA) is 35.5 Å². The lowest BCUT2D eigenvalue weighted by molar-refractivity contribution is 0.0501. The van der Waals surface area contributed by atoms with Gasteiger partial charge in [-0.25, -0.2) is 4.79 Å². The van der Waals surface area contributed by atoms with E-state index in [9.17, 15) is 4.79 Å². The Bertz CT molecular complexity index is 368. The monoisotopic (exact) mass is 350 g/mol. The highest BCUT2D eigenvalue weighted by Gasteiger charge is 2.13. The second-order valence-corrected chi connectivity index (χ2v) is 5.58. The van der Waals surface area contributed by atoms with Crippen molar-refractivity contribution in [1.82, 2.24) is 0 Å². The fourth-order valence-electron chi connectivity index (χ4n) is 1.23. The molecule has 5 heteroatoms. The van der Waals surface area contributed by atoms with Crippen molar-refractivity contribution in [1.29, 1.82) is 0 Å². The van der Waals surface area contributed by atoms with E-state index in [0.29, 0.717) is 17.9 Å². The fourth-order valence-corrected chi connectivity index (χ4v) is 2.01.